The molecule has 5 nitrogen and oxygen atoms in total. The Hall–Kier alpha value is -4.43. The van der Waals surface area contributed by atoms with Crippen molar-refractivity contribution in [3.63, 3.8) is 0 Å². The number of carbonyl (C=O) groups excluding carboxylic acids is 2. The summed E-state index contributed by atoms with van der Waals surface area (Å²) in [5, 5.41) is 0. The minimum atomic E-state index is -4.45. The van der Waals surface area contributed by atoms with Crippen molar-refractivity contribution in [1.82, 2.24) is 4.90 Å². The second-order valence-electron chi connectivity index (χ2n) is 9.38. The van der Waals surface area contributed by atoms with Crippen LogP contribution < -0.4 is 10.5 Å². The Morgan fingerprint density at radius 1 is 0.897 bits per heavy atom. The zero-order valence-electron chi connectivity index (χ0n) is 20.8. The summed E-state index contributed by atoms with van der Waals surface area (Å²) < 4.78 is 44.6. The maximum atomic E-state index is 13.1. The predicted octanol–water partition coefficient (Wildman–Crippen LogP) is 6.18. The third kappa shape index (κ3) is 5.71. The summed E-state index contributed by atoms with van der Waals surface area (Å²) in [7, 11) is 0. The van der Waals surface area contributed by atoms with Crippen molar-refractivity contribution >= 4 is 11.9 Å². The first kappa shape index (κ1) is 26.2. The van der Waals surface area contributed by atoms with E-state index in [9.17, 15) is 22.8 Å². The summed E-state index contributed by atoms with van der Waals surface area (Å²) >= 11 is 0. The molecule has 39 heavy (non-hydrogen) atoms. The summed E-state index contributed by atoms with van der Waals surface area (Å²) in [6.45, 7) is 1.18. The Kier molecular flexibility index (Phi) is 7.21. The van der Waals surface area contributed by atoms with Crippen LogP contribution in [0.5, 0.6) is 5.75 Å². The third-order valence-corrected chi connectivity index (χ3v) is 6.82. The van der Waals surface area contributed by atoms with E-state index in [1.807, 2.05) is 35.2 Å². The van der Waals surface area contributed by atoms with E-state index in [1.165, 1.54) is 12.1 Å². The molecule has 1 atom stereocenters. The van der Waals surface area contributed by atoms with Gasteiger partial charge in [0.25, 0.3) is 0 Å². The van der Waals surface area contributed by atoms with E-state index in [1.54, 1.807) is 42.5 Å². The normalized spacial score (nSPS) is 15.4. The second kappa shape index (κ2) is 10.7. The van der Waals surface area contributed by atoms with Gasteiger partial charge < -0.3 is 10.5 Å². The topological polar surface area (TPSA) is 72.6 Å². The zero-order valence-corrected chi connectivity index (χ0v) is 20.8. The molecule has 8 heteroatoms. The number of carbonyl (C=O) groups is 2. The highest BCUT2D eigenvalue weighted by Crippen LogP contribution is 2.35. The third-order valence-electron chi connectivity index (χ3n) is 6.82. The van der Waals surface area contributed by atoms with Crippen molar-refractivity contribution in [3.05, 3.63) is 125 Å². The van der Waals surface area contributed by atoms with Gasteiger partial charge in [-0.05, 0) is 64.6 Å². The van der Waals surface area contributed by atoms with Gasteiger partial charge >= 0.3 is 12.1 Å². The molecule has 5 rings (SSSR count). The Labute approximate surface area is 223 Å². The second-order valence-corrected chi connectivity index (χ2v) is 9.38. The number of hydrogen-bond acceptors (Lipinski definition) is 4. The van der Waals surface area contributed by atoms with Gasteiger partial charge in [-0.1, -0.05) is 66.7 Å². The summed E-state index contributed by atoms with van der Waals surface area (Å²) in [6.07, 6.45) is -3.81. The fraction of sp³-hybridized carbons (Fsp3) is 0.161. The minimum absolute atomic E-state index is 0.221. The molecule has 0 saturated carbocycles. The predicted molar refractivity (Wildman–Crippen MR) is 141 cm³/mol. The van der Waals surface area contributed by atoms with Crippen LogP contribution in [0.15, 0.2) is 97.1 Å². The number of hydrogen-bond donors (Lipinski definition) is 1. The SMILES string of the molecule is NC(=O)C1c2ccc(OC(=O)c3ccccc3-c3ccc(C(F)(F)F)cc3)cc2CCN1Cc1ccccc1. The number of esters is 1. The molecular formula is C31H25F3N2O3. The molecule has 0 spiro atoms. The lowest BCUT2D eigenvalue weighted by Gasteiger charge is -2.35. The van der Waals surface area contributed by atoms with Crippen molar-refractivity contribution in [3.8, 4) is 16.9 Å². The molecule has 4 aromatic rings. The van der Waals surface area contributed by atoms with E-state index in [2.05, 4.69) is 0 Å². The number of ether oxygens (including phenoxy) is 1. The van der Waals surface area contributed by atoms with Crippen LogP contribution >= 0.6 is 0 Å². The molecule has 0 saturated heterocycles. The number of amides is 1. The number of benzene rings is 4. The van der Waals surface area contributed by atoms with Crippen molar-refractivity contribution in [2.75, 3.05) is 6.54 Å². The summed E-state index contributed by atoms with van der Waals surface area (Å²) in [4.78, 5) is 27.6. The fourth-order valence-electron chi connectivity index (χ4n) is 4.95. The van der Waals surface area contributed by atoms with E-state index >= 15 is 0 Å². The van der Waals surface area contributed by atoms with Gasteiger partial charge in [-0.3, -0.25) is 9.69 Å². The van der Waals surface area contributed by atoms with Crippen LogP contribution in [0.4, 0.5) is 13.2 Å². The van der Waals surface area contributed by atoms with E-state index in [4.69, 9.17) is 10.5 Å². The highest BCUT2D eigenvalue weighted by molar-refractivity contribution is 5.98. The van der Waals surface area contributed by atoms with E-state index < -0.39 is 29.7 Å². The maximum Gasteiger partial charge on any atom is 0.416 e. The van der Waals surface area contributed by atoms with E-state index in [0.29, 0.717) is 36.4 Å². The number of primary amides is 1. The van der Waals surface area contributed by atoms with Crippen LogP contribution in [0.1, 0.15) is 38.7 Å². The summed E-state index contributed by atoms with van der Waals surface area (Å²) in [5.41, 5.74) is 8.88. The quantitative estimate of drug-likeness (QED) is 0.239. The number of nitrogens with two attached hydrogens (primary N) is 1. The van der Waals surface area contributed by atoms with Gasteiger partial charge in [0, 0.05) is 13.1 Å². The van der Waals surface area contributed by atoms with E-state index in [-0.39, 0.29) is 5.56 Å². The zero-order chi connectivity index (χ0) is 27.6. The van der Waals surface area contributed by atoms with Crippen LogP contribution in [0.25, 0.3) is 11.1 Å². The first-order chi connectivity index (χ1) is 18.7. The molecule has 4 aromatic carbocycles. The lowest BCUT2D eigenvalue weighted by Crippen LogP contribution is -2.42. The van der Waals surface area contributed by atoms with Gasteiger partial charge in [0.15, 0.2) is 0 Å². The van der Waals surface area contributed by atoms with Crippen LogP contribution in [-0.2, 0) is 23.9 Å². The van der Waals surface area contributed by atoms with Crippen LogP contribution in [-0.4, -0.2) is 23.3 Å². The Bertz CT molecular complexity index is 1500. The Morgan fingerprint density at radius 2 is 1.59 bits per heavy atom. The summed E-state index contributed by atoms with van der Waals surface area (Å²) in [6, 6.07) is 25.6. The molecule has 0 aromatic heterocycles. The standard InChI is InChI=1S/C31H25F3N2O3/c32-31(33,34)23-12-10-21(11-13-23)25-8-4-5-9-27(25)30(38)39-24-14-15-26-22(18-24)16-17-36(28(26)29(35)37)19-20-6-2-1-3-7-20/h1-15,18,28H,16-17,19H2,(H2,35,37). The molecule has 0 radical (unpaired) electrons. The van der Waals surface area contributed by atoms with E-state index in [0.717, 1.165) is 28.8 Å². The lowest BCUT2D eigenvalue weighted by molar-refractivity contribution is -0.137. The molecule has 2 N–H and O–H groups in total. The molecule has 0 aliphatic carbocycles. The molecule has 0 fully saturated rings. The smallest absolute Gasteiger partial charge is 0.416 e. The van der Waals surface area contributed by atoms with Crippen LogP contribution in [0.2, 0.25) is 0 Å². The van der Waals surface area contributed by atoms with Gasteiger partial charge in [0.2, 0.25) is 5.91 Å². The Balaban J connectivity index is 1.37. The molecule has 198 valence electrons. The van der Waals surface area contributed by atoms with Crippen molar-refractivity contribution in [2.24, 2.45) is 5.73 Å². The minimum Gasteiger partial charge on any atom is -0.423 e. The lowest BCUT2D eigenvalue weighted by atomic mass is 9.91. The molecule has 1 aliphatic rings. The molecule has 1 amide bonds. The van der Waals surface area contributed by atoms with Crippen LogP contribution in [0.3, 0.4) is 0 Å². The molecule has 1 aliphatic heterocycles. The number of nitrogens with zero attached hydrogens (tertiary/aromatic N) is 1. The molecule has 0 bridgehead atoms. The van der Waals surface area contributed by atoms with Crippen molar-refractivity contribution < 1.29 is 27.5 Å². The summed E-state index contributed by atoms with van der Waals surface area (Å²) in [5.74, 6) is -0.791. The van der Waals surface area contributed by atoms with Gasteiger partial charge in [-0.25, -0.2) is 4.79 Å². The van der Waals surface area contributed by atoms with Gasteiger partial charge in [-0.2, -0.15) is 13.2 Å². The molecular weight excluding hydrogens is 505 g/mol. The highest BCUT2D eigenvalue weighted by atomic mass is 19.4. The number of alkyl halides is 3. The van der Waals surface area contributed by atoms with Crippen molar-refractivity contribution in [1.29, 1.82) is 0 Å². The fourth-order valence-corrected chi connectivity index (χ4v) is 4.95. The Morgan fingerprint density at radius 3 is 2.28 bits per heavy atom. The highest BCUT2D eigenvalue weighted by Gasteiger charge is 2.32. The van der Waals surface area contributed by atoms with Crippen LogP contribution in [0, 0.1) is 0 Å². The molecule has 1 unspecified atom stereocenters. The van der Waals surface area contributed by atoms with Gasteiger partial charge in [-0.15, -0.1) is 0 Å². The van der Waals surface area contributed by atoms with Gasteiger partial charge in [0.1, 0.15) is 11.8 Å². The maximum absolute atomic E-state index is 13.1. The monoisotopic (exact) mass is 530 g/mol. The first-order valence-electron chi connectivity index (χ1n) is 12.4. The number of rotatable bonds is 6. The number of fused-ring (bicyclic) bond motifs is 1. The molecule has 1 heterocycles. The van der Waals surface area contributed by atoms with Gasteiger partial charge in [0.05, 0.1) is 11.1 Å². The van der Waals surface area contributed by atoms with Crippen molar-refractivity contribution in [2.45, 2.75) is 25.2 Å². The number of halogens is 3. The first-order valence-corrected chi connectivity index (χ1v) is 12.4. The average molecular weight is 531 g/mol. The largest absolute Gasteiger partial charge is 0.423 e. The average Bonchev–Trinajstić information content (AvgIpc) is 2.93.